The summed E-state index contributed by atoms with van der Waals surface area (Å²) in [6.45, 7) is 7.32. The zero-order valence-corrected chi connectivity index (χ0v) is 28.0. The number of terminal acetylenes is 2. The predicted octanol–water partition coefficient (Wildman–Crippen LogP) is 7.69. The molecule has 8 nitrogen and oxygen atoms in total. The van der Waals surface area contributed by atoms with Crippen molar-refractivity contribution in [3.8, 4) is 24.7 Å². The standard InChI is InChI=1S/C30H40N4O4P2S2/c1-7-27(25-19-15-13-16-20-25)33(29(35)31-41-39(37,9-3)10-4)23-24-34(28(8-2)26-21-17-14-18-22-26)30(36)32-42-40(38,11-5)12-6/h1-2,13-22,27-28H,9-12,23-24H2,3-6H3,(H,31,35)(H,32,36). The van der Waals surface area contributed by atoms with E-state index < -0.39 is 36.8 Å². The molecule has 2 atom stereocenters. The minimum absolute atomic E-state index is 0.0149. The summed E-state index contributed by atoms with van der Waals surface area (Å²) in [4.78, 5) is 30.1. The topological polar surface area (TPSA) is 98.8 Å². The van der Waals surface area contributed by atoms with Crippen LogP contribution in [0.1, 0.15) is 50.9 Å². The van der Waals surface area contributed by atoms with Gasteiger partial charge in [-0.05, 0) is 11.1 Å². The number of hydrogen-bond acceptors (Lipinski definition) is 6. The summed E-state index contributed by atoms with van der Waals surface area (Å²) in [5.74, 6) is 5.40. The first-order valence-corrected chi connectivity index (χ1v) is 20.8. The number of hydrogen-bond donors (Lipinski definition) is 2. The van der Waals surface area contributed by atoms with E-state index in [2.05, 4.69) is 21.3 Å². The Balaban J connectivity index is 2.44. The molecule has 0 fully saturated rings. The lowest BCUT2D eigenvalue weighted by molar-refractivity contribution is 0.167. The maximum atomic E-state index is 13.6. The normalized spacial score (nSPS) is 12.7. The Morgan fingerprint density at radius 3 is 1.26 bits per heavy atom. The lowest BCUT2D eigenvalue weighted by Crippen LogP contribution is -2.47. The van der Waals surface area contributed by atoms with Gasteiger partial charge in [0.05, 0.1) is 0 Å². The molecule has 4 amide bonds. The van der Waals surface area contributed by atoms with Crippen molar-refractivity contribution in [3.63, 3.8) is 0 Å². The Morgan fingerprint density at radius 1 is 0.690 bits per heavy atom. The Morgan fingerprint density at radius 2 is 1.00 bits per heavy atom. The zero-order valence-electron chi connectivity index (χ0n) is 24.6. The highest BCUT2D eigenvalue weighted by Crippen LogP contribution is 2.56. The SMILES string of the molecule is C#CC(c1ccccc1)N(CCN(C(=O)NSP(=O)(CC)CC)C(C#C)c1ccccc1)C(=O)NSP(=O)(CC)CC. The maximum absolute atomic E-state index is 13.6. The number of urea groups is 2. The molecule has 0 saturated heterocycles. The second-order valence-electron chi connectivity index (χ2n) is 9.24. The van der Waals surface area contributed by atoms with Crippen LogP contribution in [0, 0.1) is 24.7 Å². The fourth-order valence-corrected chi connectivity index (χ4v) is 9.13. The Labute approximate surface area is 259 Å². The summed E-state index contributed by atoms with van der Waals surface area (Å²) in [5.41, 5.74) is 1.42. The molecule has 226 valence electrons. The highest BCUT2D eigenvalue weighted by atomic mass is 32.7. The van der Waals surface area contributed by atoms with Gasteiger partial charge in [-0.2, -0.15) is 0 Å². The van der Waals surface area contributed by atoms with E-state index in [1.807, 2.05) is 88.4 Å². The molecule has 2 aromatic rings. The maximum Gasteiger partial charge on any atom is 0.329 e. The first-order valence-electron chi connectivity index (χ1n) is 13.8. The van der Waals surface area contributed by atoms with Crippen LogP contribution in [0.15, 0.2) is 60.7 Å². The van der Waals surface area contributed by atoms with E-state index in [1.54, 1.807) is 0 Å². The average molecular weight is 647 g/mol. The van der Waals surface area contributed by atoms with E-state index in [0.29, 0.717) is 35.8 Å². The van der Waals surface area contributed by atoms with Crippen LogP contribution in [0.25, 0.3) is 0 Å². The van der Waals surface area contributed by atoms with Crippen molar-refractivity contribution in [1.82, 2.24) is 19.2 Å². The average Bonchev–Trinajstić information content (AvgIpc) is 3.04. The molecule has 0 heterocycles. The molecular weight excluding hydrogens is 606 g/mol. The lowest BCUT2D eigenvalue weighted by atomic mass is 10.1. The van der Waals surface area contributed by atoms with Crippen LogP contribution in [-0.4, -0.2) is 59.6 Å². The van der Waals surface area contributed by atoms with Gasteiger partial charge in [-0.15, -0.1) is 12.8 Å². The fourth-order valence-electron chi connectivity index (χ4n) is 3.98. The van der Waals surface area contributed by atoms with E-state index in [4.69, 9.17) is 12.8 Å². The van der Waals surface area contributed by atoms with Crippen molar-refractivity contribution in [2.75, 3.05) is 37.7 Å². The van der Waals surface area contributed by atoms with Gasteiger partial charge in [-0.3, -0.25) is 9.44 Å². The van der Waals surface area contributed by atoms with Gasteiger partial charge >= 0.3 is 12.1 Å². The predicted molar refractivity (Wildman–Crippen MR) is 179 cm³/mol. The first kappa shape index (κ1) is 35.5. The smallest absolute Gasteiger partial charge is 0.310 e. The van der Waals surface area contributed by atoms with Crippen molar-refractivity contribution in [3.05, 3.63) is 71.8 Å². The summed E-state index contributed by atoms with van der Waals surface area (Å²) in [7, 11) is 0. The summed E-state index contributed by atoms with van der Waals surface area (Å²) in [6.07, 6.45) is 8.31. The molecule has 0 aliphatic rings. The van der Waals surface area contributed by atoms with E-state index in [0.717, 1.165) is 23.1 Å². The largest absolute Gasteiger partial charge is 0.329 e. The lowest BCUT2D eigenvalue weighted by Gasteiger charge is -2.34. The monoisotopic (exact) mass is 646 g/mol. The van der Waals surface area contributed by atoms with E-state index >= 15 is 0 Å². The van der Waals surface area contributed by atoms with Crippen molar-refractivity contribution < 1.29 is 18.7 Å². The fraction of sp³-hybridized carbons (Fsp3) is 0.400. The van der Waals surface area contributed by atoms with Crippen LogP contribution >= 0.6 is 35.8 Å². The number of nitrogens with zero attached hydrogens (tertiary/aromatic N) is 2. The van der Waals surface area contributed by atoms with Crippen LogP contribution < -0.4 is 9.44 Å². The molecule has 12 heteroatoms. The van der Waals surface area contributed by atoms with Crippen molar-refractivity contribution in [1.29, 1.82) is 0 Å². The van der Waals surface area contributed by atoms with Gasteiger partial charge in [-0.25, -0.2) is 9.59 Å². The van der Waals surface area contributed by atoms with Crippen LogP contribution in [0.2, 0.25) is 0 Å². The Bertz CT molecular complexity index is 1230. The van der Waals surface area contributed by atoms with Crippen molar-refractivity contribution >= 4 is 47.9 Å². The summed E-state index contributed by atoms with van der Waals surface area (Å²) < 4.78 is 31.5. The van der Waals surface area contributed by atoms with Crippen LogP contribution in [0.4, 0.5) is 9.59 Å². The molecule has 2 unspecified atom stereocenters. The minimum atomic E-state index is -2.65. The van der Waals surface area contributed by atoms with Gasteiger partial charge in [0.2, 0.25) is 0 Å². The third-order valence-corrected chi connectivity index (χ3v) is 17.5. The highest BCUT2D eigenvalue weighted by molar-refractivity contribution is 8.57. The number of nitrogens with one attached hydrogen (secondary N) is 2. The molecule has 42 heavy (non-hydrogen) atoms. The van der Waals surface area contributed by atoms with Crippen molar-refractivity contribution in [2.24, 2.45) is 0 Å². The molecule has 0 aliphatic heterocycles. The van der Waals surface area contributed by atoms with Gasteiger partial charge < -0.3 is 18.9 Å². The summed E-state index contributed by atoms with van der Waals surface area (Å²) in [6, 6.07) is 15.7. The molecule has 0 aliphatic carbocycles. The first-order chi connectivity index (χ1) is 20.1. The van der Waals surface area contributed by atoms with Gasteiger partial charge in [0.25, 0.3) is 0 Å². The second kappa shape index (κ2) is 17.4. The number of amides is 4. The molecule has 0 spiro atoms. The molecule has 2 N–H and O–H groups in total. The molecule has 0 bridgehead atoms. The number of rotatable bonds is 15. The third kappa shape index (κ3) is 9.92. The summed E-state index contributed by atoms with van der Waals surface area (Å²) >= 11 is 1.87. The molecule has 0 saturated carbocycles. The minimum Gasteiger partial charge on any atom is -0.310 e. The highest BCUT2D eigenvalue weighted by Gasteiger charge is 2.31. The molecule has 0 aromatic heterocycles. The second-order valence-corrected chi connectivity index (χ2v) is 20.9. The molecular formula is C30H40N4O4P2S2. The Kier molecular flexibility index (Phi) is 14.7. The third-order valence-electron chi connectivity index (χ3n) is 6.80. The van der Waals surface area contributed by atoms with Gasteiger partial charge in [0.1, 0.15) is 12.1 Å². The quantitative estimate of drug-likeness (QED) is 0.117. The zero-order chi connectivity index (χ0) is 31.2. The van der Waals surface area contributed by atoms with Gasteiger partial charge in [0, 0.05) is 60.9 Å². The van der Waals surface area contributed by atoms with E-state index in [9.17, 15) is 18.7 Å². The van der Waals surface area contributed by atoms with Crippen molar-refractivity contribution in [2.45, 2.75) is 39.8 Å². The summed E-state index contributed by atoms with van der Waals surface area (Å²) in [5, 5.41) is 0. The van der Waals surface area contributed by atoms with E-state index in [-0.39, 0.29) is 13.1 Å². The number of carbonyl (C=O) groups excluding carboxylic acids is 2. The van der Waals surface area contributed by atoms with Crippen LogP contribution in [0.3, 0.4) is 0 Å². The number of carbonyl (C=O) groups is 2. The molecule has 0 radical (unpaired) electrons. The Hall–Kier alpha value is -2.74. The van der Waals surface area contributed by atoms with Crippen LogP contribution in [0.5, 0.6) is 0 Å². The van der Waals surface area contributed by atoms with Gasteiger partial charge in [0.15, 0.2) is 12.7 Å². The van der Waals surface area contributed by atoms with Gasteiger partial charge in [-0.1, -0.05) is 100 Å². The van der Waals surface area contributed by atoms with E-state index in [1.165, 1.54) is 9.80 Å². The molecule has 2 aromatic carbocycles. The molecule has 2 rings (SSSR count). The number of benzene rings is 2. The van der Waals surface area contributed by atoms with Crippen LogP contribution in [-0.2, 0) is 9.13 Å².